The number of carbonyl (C=O) groups excluding carboxylic acids is 1. The Morgan fingerprint density at radius 1 is 1.26 bits per heavy atom. The molecular weight excluding hydrogens is 290 g/mol. The van der Waals surface area contributed by atoms with Crippen molar-refractivity contribution in [3.8, 4) is 11.5 Å². The molecule has 2 rings (SSSR count). The van der Waals surface area contributed by atoms with Crippen LogP contribution in [-0.4, -0.2) is 18.6 Å². The van der Waals surface area contributed by atoms with E-state index in [2.05, 4.69) is 11.9 Å². The van der Waals surface area contributed by atoms with Gasteiger partial charge in [-0.15, -0.1) is 0 Å². The summed E-state index contributed by atoms with van der Waals surface area (Å²) in [6.45, 7) is 7.69. The van der Waals surface area contributed by atoms with E-state index in [1.807, 2.05) is 43.3 Å². The molecule has 0 aliphatic heterocycles. The molecule has 0 saturated heterocycles. The van der Waals surface area contributed by atoms with Crippen molar-refractivity contribution in [3.05, 3.63) is 66.7 Å². The Morgan fingerprint density at radius 3 is 2.78 bits per heavy atom. The van der Waals surface area contributed by atoms with E-state index in [4.69, 9.17) is 9.47 Å². The van der Waals surface area contributed by atoms with Crippen molar-refractivity contribution in [2.75, 3.05) is 11.9 Å². The van der Waals surface area contributed by atoms with E-state index in [0.717, 1.165) is 5.56 Å². The molecule has 1 unspecified atom stereocenters. The number of amides is 1. The third kappa shape index (κ3) is 4.88. The number of benzene rings is 2. The maximum Gasteiger partial charge on any atom is 0.265 e. The number of carbonyl (C=O) groups is 1. The van der Waals surface area contributed by atoms with Crippen LogP contribution in [0.1, 0.15) is 12.5 Å². The van der Waals surface area contributed by atoms with Crippen molar-refractivity contribution in [1.29, 1.82) is 0 Å². The fraction of sp³-hybridized carbons (Fsp3) is 0.211. The highest BCUT2D eigenvalue weighted by molar-refractivity contribution is 5.94. The van der Waals surface area contributed by atoms with Crippen LogP contribution >= 0.6 is 0 Å². The predicted octanol–water partition coefficient (Wildman–Crippen LogP) is 3.97. The standard InChI is InChI=1S/C19H21NO3/c1-4-12-22-17-10-7-9-16(13-17)20-19(21)15(3)23-18-11-6-5-8-14(18)2/h4-11,13,15H,1,12H2,2-3H3,(H,20,21). The van der Waals surface area contributed by atoms with Crippen LogP contribution < -0.4 is 14.8 Å². The summed E-state index contributed by atoms with van der Waals surface area (Å²) < 4.78 is 11.2. The van der Waals surface area contributed by atoms with Gasteiger partial charge in [0.25, 0.3) is 5.91 Å². The number of hydrogen-bond donors (Lipinski definition) is 1. The van der Waals surface area contributed by atoms with Crippen LogP contribution in [0.3, 0.4) is 0 Å². The minimum Gasteiger partial charge on any atom is -0.489 e. The molecule has 0 aliphatic carbocycles. The van der Waals surface area contributed by atoms with Crippen molar-refractivity contribution >= 4 is 11.6 Å². The van der Waals surface area contributed by atoms with Gasteiger partial charge in [0.15, 0.2) is 6.10 Å². The van der Waals surface area contributed by atoms with Crippen LogP contribution in [0.25, 0.3) is 0 Å². The lowest BCUT2D eigenvalue weighted by molar-refractivity contribution is -0.122. The van der Waals surface area contributed by atoms with Crippen molar-refractivity contribution in [2.24, 2.45) is 0 Å². The van der Waals surface area contributed by atoms with Gasteiger partial charge in [0.2, 0.25) is 0 Å². The topological polar surface area (TPSA) is 47.6 Å². The molecule has 2 aromatic carbocycles. The average molecular weight is 311 g/mol. The minimum atomic E-state index is -0.603. The van der Waals surface area contributed by atoms with Crippen molar-refractivity contribution in [1.82, 2.24) is 0 Å². The number of para-hydroxylation sites is 1. The molecule has 0 aromatic heterocycles. The molecule has 0 radical (unpaired) electrons. The van der Waals surface area contributed by atoms with E-state index in [9.17, 15) is 4.79 Å². The zero-order valence-corrected chi connectivity index (χ0v) is 13.4. The maximum atomic E-state index is 12.3. The summed E-state index contributed by atoms with van der Waals surface area (Å²) in [7, 11) is 0. The largest absolute Gasteiger partial charge is 0.489 e. The molecule has 1 N–H and O–H groups in total. The van der Waals surface area contributed by atoms with Crippen molar-refractivity contribution in [3.63, 3.8) is 0 Å². The van der Waals surface area contributed by atoms with Gasteiger partial charge in [-0.1, -0.05) is 36.9 Å². The molecule has 120 valence electrons. The molecule has 4 heteroatoms. The lowest BCUT2D eigenvalue weighted by Crippen LogP contribution is -2.30. The molecule has 1 atom stereocenters. The third-order valence-electron chi connectivity index (χ3n) is 3.24. The first kappa shape index (κ1) is 16.6. The summed E-state index contributed by atoms with van der Waals surface area (Å²) in [6, 6.07) is 14.8. The number of ether oxygens (including phenoxy) is 2. The molecule has 0 bridgehead atoms. The zero-order valence-electron chi connectivity index (χ0n) is 13.4. The van der Waals surface area contributed by atoms with Gasteiger partial charge >= 0.3 is 0 Å². The molecule has 0 saturated carbocycles. The second-order valence-electron chi connectivity index (χ2n) is 5.14. The third-order valence-corrected chi connectivity index (χ3v) is 3.24. The van der Waals surface area contributed by atoms with Crippen LogP contribution in [0.15, 0.2) is 61.2 Å². The molecule has 4 nitrogen and oxygen atoms in total. The lowest BCUT2D eigenvalue weighted by atomic mass is 10.2. The summed E-state index contributed by atoms with van der Waals surface area (Å²) in [5, 5.41) is 2.83. The van der Waals surface area contributed by atoms with E-state index in [0.29, 0.717) is 23.8 Å². The van der Waals surface area contributed by atoms with Crippen LogP contribution in [0.2, 0.25) is 0 Å². The zero-order chi connectivity index (χ0) is 16.7. The summed E-state index contributed by atoms with van der Waals surface area (Å²) >= 11 is 0. The second kappa shape index (κ2) is 8.03. The van der Waals surface area contributed by atoms with Crippen LogP contribution in [0.4, 0.5) is 5.69 Å². The second-order valence-corrected chi connectivity index (χ2v) is 5.14. The van der Waals surface area contributed by atoms with E-state index >= 15 is 0 Å². The van der Waals surface area contributed by atoms with Crippen LogP contribution in [0, 0.1) is 6.92 Å². The van der Waals surface area contributed by atoms with Crippen LogP contribution in [-0.2, 0) is 4.79 Å². The van der Waals surface area contributed by atoms with Gasteiger partial charge in [-0.3, -0.25) is 4.79 Å². The van der Waals surface area contributed by atoms with Gasteiger partial charge in [-0.05, 0) is 37.6 Å². The van der Waals surface area contributed by atoms with Gasteiger partial charge in [0, 0.05) is 11.8 Å². The highest BCUT2D eigenvalue weighted by Gasteiger charge is 2.15. The summed E-state index contributed by atoms with van der Waals surface area (Å²) in [4.78, 5) is 12.3. The number of nitrogens with one attached hydrogen (secondary N) is 1. The molecule has 0 spiro atoms. The Morgan fingerprint density at radius 2 is 2.04 bits per heavy atom. The first-order valence-electron chi connectivity index (χ1n) is 7.47. The number of aryl methyl sites for hydroxylation is 1. The van der Waals surface area contributed by atoms with Crippen LogP contribution in [0.5, 0.6) is 11.5 Å². The highest BCUT2D eigenvalue weighted by Crippen LogP contribution is 2.20. The van der Waals surface area contributed by atoms with Gasteiger partial charge in [0.1, 0.15) is 18.1 Å². The molecular formula is C19H21NO3. The Bertz CT molecular complexity index is 682. The Kier molecular flexibility index (Phi) is 5.80. The van der Waals surface area contributed by atoms with Gasteiger partial charge in [-0.25, -0.2) is 0 Å². The number of anilines is 1. The monoisotopic (exact) mass is 311 g/mol. The lowest BCUT2D eigenvalue weighted by Gasteiger charge is -2.16. The number of hydrogen-bond acceptors (Lipinski definition) is 3. The normalized spacial score (nSPS) is 11.4. The fourth-order valence-corrected chi connectivity index (χ4v) is 2.00. The van der Waals surface area contributed by atoms with E-state index in [-0.39, 0.29) is 5.91 Å². The molecule has 0 heterocycles. The molecule has 0 aliphatic rings. The SMILES string of the molecule is C=CCOc1cccc(NC(=O)C(C)Oc2ccccc2C)c1. The summed E-state index contributed by atoms with van der Waals surface area (Å²) in [5.41, 5.74) is 1.66. The Balaban J connectivity index is 1.98. The smallest absolute Gasteiger partial charge is 0.265 e. The Labute approximate surface area is 136 Å². The van der Waals surface area contributed by atoms with Gasteiger partial charge < -0.3 is 14.8 Å². The molecule has 1 amide bonds. The van der Waals surface area contributed by atoms with E-state index < -0.39 is 6.10 Å². The maximum absolute atomic E-state index is 12.3. The van der Waals surface area contributed by atoms with Crippen molar-refractivity contribution in [2.45, 2.75) is 20.0 Å². The molecule has 0 fully saturated rings. The number of rotatable bonds is 7. The summed E-state index contributed by atoms with van der Waals surface area (Å²) in [6.07, 6.45) is 1.07. The van der Waals surface area contributed by atoms with Gasteiger partial charge in [0.05, 0.1) is 0 Å². The predicted molar refractivity (Wildman–Crippen MR) is 92.0 cm³/mol. The summed E-state index contributed by atoms with van der Waals surface area (Å²) in [5.74, 6) is 1.17. The quantitative estimate of drug-likeness (QED) is 0.787. The van der Waals surface area contributed by atoms with Gasteiger partial charge in [-0.2, -0.15) is 0 Å². The molecule has 23 heavy (non-hydrogen) atoms. The first-order chi connectivity index (χ1) is 11.1. The van der Waals surface area contributed by atoms with E-state index in [1.54, 1.807) is 25.1 Å². The highest BCUT2D eigenvalue weighted by atomic mass is 16.5. The Hall–Kier alpha value is -2.75. The minimum absolute atomic E-state index is 0.214. The average Bonchev–Trinajstić information content (AvgIpc) is 2.55. The molecule has 2 aromatic rings. The fourth-order valence-electron chi connectivity index (χ4n) is 2.00. The van der Waals surface area contributed by atoms with Crippen molar-refractivity contribution < 1.29 is 14.3 Å². The first-order valence-corrected chi connectivity index (χ1v) is 7.47. The van der Waals surface area contributed by atoms with E-state index in [1.165, 1.54) is 0 Å².